The smallest absolute Gasteiger partial charge is 0.296 e. The van der Waals surface area contributed by atoms with Crippen molar-refractivity contribution < 1.29 is 18.7 Å². The van der Waals surface area contributed by atoms with Gasteiger partial charge < -0.3 is 15.7 Å². The van der Waals surface area contributed by atoms with Crippen molar-refractivity contribution in [1.82, 2.24) is 20.2 Å². The summed E-state index contributed by atoms with van der Waals surface area (Å²) >= 11 is 0. The number of aromatic nitrogens is 2. The van der Waals surface area contributed by atoms with Crippen LogP contribution >= 0.6 is 0 Å². The number of alkyl halides is 1. The molecule has 2 atom stereocenters. The Morgan fingerprint density at radius 1 is 1.42 bits per heavy atom. The lowest BCUT2D eigenvalue weighted by Crippen LogP contribution is -2.32. The number of benzene rings is 1. The van der Waals surface area contributed by atoms with E-state index in [-0.39, 0.29) is 25.3 Å². The number of nitrogens with zero attached hydrogens (tertiary/aromatic N) is 2. The summed E-state index contributed by atoms with van der Waals surface area (Å²) in [4.78, 5) is 28.6. The number of carbonyl (C=O) groups excluding carboxylic acids is 1. The largest absolute Gasteiger partial charge is 0.501 e. The van der Waals surface area contributed by atoms with E-state index in [0.29, 0.717) is 5.56 Å². The molecule has 3 N–H and O–H groups in total. The monoisotopic (exact) mass is 364 g/mol. The standard InChI is InChI=1S/C17H18F2N4O3/c1-23-15(12-6-11(19)8-20-12)22-13(14(24)17(23)26)16(25)21-7-9-2-4-10(18)5-3-9/h2-5,11-12,20,24H,6-8H2,1H3,(H,21,25)/t11-,12+/m1/s1. The maximum atomic E-state index is 13.4. The van der Waals surface area contributed by atoms with E-state index in [4.69, 9.17) is 0 Å². The summed E-state index contributed by atoms with van der Waals surface area (Å²) in [6.45, 7) is 0.201. The predicted octanol–water partition coefficient (Wildman–Crippen LogP) is 0.927. The van der Waals surface area contributed by atoms with Crippen LogP contribution in [0.3, 0.4) is 0 Å². The number of nitrogens with one attached hydrogen (secondary N) is 2. The first-order chi connectivity index (χ1) is 12.4. The quantitative estimate of drug-likeness (QED) is 0.750. The second-order valence-electron chi connectivity index (χ2n) is 6.13. The summed E-state index contributed by atoms with van der Waals surface area (Å²) in [6, 6.07) is 5.00. The SMILES string of the molecule is Cn1c([C@@H]2C[C@@H](F)CN2)nc(C(=O)NCc2ccc(F)cc2)c(O)c1=O. The molecule has 0 aliphatic carbocycles. The third kappa shape index (κ3) is 3.57. The lowest BCUT2D eigenvalue weighted by Gasteiger charge is -2.16. The van der Waals surface area contributed by atoms with Crippen molar-refractivity contribution in [1.29, 1.82) is 0 Å². The van der Waals surface area contributed by atoms with Gasteiger partial charge in [-0.05, 0) is 17.7 Å². The molecule has 1 aliphatic heterocycles. The lowest BCUT2D eigenvalue weighted by molar-refractivity contribution is 0.0941. The van der Waals surface area contributed by atoms with Gasteiger partial charge in [-0.2, -0.15) is 0 Å². The molecule has 1 amide bonds. The first-order valence-corrected chi connectivity index (χ1v) is 8.06. The Kier molecular flexibility index (Phi) is 4.99. The summed E-state index contributed by atoms with van der Waals surface area (Å²) in [5, 5.41) is 15.4. The highest BCUT2D eigenvalue weighted by atomic mass is 19.1. The van der Waals surface area contributed by atoms with Crippen LogP contribution in [0.4, 0.5) is 8.78 Å². The zero-order valence-electron chi connectivity index (χ0n) is 14.0. The molecule has 2 aromatic rings. The maximum Gasteiger partial charge on any atom is 0.296 e. The number of rotatable bonds is 4. The van der Waals surface area contributed by atoms with E-state index >= 15 is 0 Å². The molecule has 0 unspecified atom stereocenters. The van der Waals surface area contributed by atoms with Gasteiger partial charge in [-0.3, -0.25) is 14.2 Å². The Morgan fingerprint density at radius 3 is 2.73 bits per heavy atom. The summed E-state index contributed by atoms with van der Waals surface area (Å²) in [5.41, 5.74) is -0.568. The van der Waals surface area contributed by atoms with Crippen molar-refractivity contribution in [3.05, 3.63) is 57.5 Å². The third-order valence-electron chi connectivity index (χ3n) is 4.27. The Balaban J connectivity index is 1.84. The zero-order valence-corrected chi connectivity index (χ0v) is 14.0. The molecule has 1 aromatic heterocycles. The molecular weight excluding hydrogens is 346 g/mol. The molecule has 26 heavy (non-hydrogen) atoms. The van der Waals surface area contributed by atoms with Crippen LogP contribution in [0.5, 0.6) is 5.75 Å². The van der Waals surface area contributed by atoms with Gasteiger partial charge in [-0.1, -0.05) is 12.1 Å². The van der Waals surface area contributed by atoms with Gasteiger partial charge in [-0.15, -0.1) is 0 Å². The van der Waals surface area contributed by atoms with E-state index in [0.717, 1.165) is 4.57 Å². The van der Waals surface area contributed by atoms with Gasteiger partial charge >= 0.3 is 0 Å². The minimum atomic E-state index is -1.07. The average Bonchev–Trinajstić information content (AvgIpc) is 3.05. The van der Waals surface area contributed by atoms with Gasteiger partial charge in [0.05, 0.1) is 6.04 Å². The van der Waals surface area contributed by atoms with Crippen LogP contribution in [0.15, 0.2) is 29.1 Å². The first kappa shape index (κ1) is 18.0. The molecule has 1 saturated heterocycles. The molecule has 2 heterocycles. The molecule has 0 bridgehead atoms. The van der Waals surface area contributed by atoms with E-state index in [1.54, 1.807) is 0 Å². The van der Waals surface area contributed by atoms with Crippen LogP contribution in [-0.2, 0) is 13.6 Å². The molecule has 1 aliphatic rings. The molecule has 7 nitrogen and oxygen atoms in total. The average molecular weight is 364 g/mol. The van der Waals surface area contributed by atoms with Crippen molar-refractivity contribution in [3.8, 4) is 5.75 Å². The van der Waals surface area contributed by atoms with Gasteiger partial charge in [0.15, 0.2) is 5.69 Å². The molecule has 0 saturated carbocycles. The fourth-order valence-corrected chi connectivity index (χ4v) is 2.83. The van der Waals surface area contributed by atoms with E-state index in [1.165, 1.54) is 31.3 Å². The summed E-state index contributed by atoms with van der Waals surface area (Å²) < 4.78 is 27.4. The van der Waals surface area contributed by atoms with Crippen LogP contribution in [0.1, 0.15) is 34.3 Å². The lowest BCUT2D eigenvalue weighted by atomic mass is 10.2. The molecular formula is C17H18F2N4O3. The van der Waals surface area contributed by atoms with E-state index < -0.39 is 40.9 Å². The van der Waals surface area contributed by atoms with Gasteiger partial charge in [0.25, 0.3) is 11.5 Å². The van der Waals surface area contributed by atoms with Crippen molar-refractivity contribution in [2.24, 2.45) is 7.05 Å². The maximum absolute atomic E-state index is 13.4. The summed E-state index contributed by atoms with van der Waals surface area (Å²) in [7, 11) is 1.40. The Morgan fingerprint density at radius 2 is 2.12 bits per heavy atom. The molecule has 3 rings (SSSR count). The number of hydrogen-bond acceptors (Lipinski definition) is 5. The number of aromatic hydroxyl groups is 1. The van der Waals surface area contributed by atoms with E-state index in [1.807, 2.05) is 0 Å². The predicted molar refractivity (Wildman–Crippen MR) is 89.0 cm³/mol. The highest BCUT2D eigenvalue weighted by Crippen LogP contribution is 2.24. The molecule has 9 heteroatoms. The van der Waals surface area contributed by atoms with Crippen LogP contribution in [-0.4, -0.2) is 33.3 Å². The van der Waals surface area contributed by atoms with Crippen molar-refractivity contribution in [2.45, 2.75) is 25.2 Å². The van der Waals surface area contributed by atoms with Crippen LogP contribution < -0.4 is 16.2 Å². The number of carbonyl (C=O) groups is 1. The molecule has 0 radical (unpaired) electrons. The van der Waals surface area contributed by atoms with Gasteiger partial charge in [-0.25, -0.2) is 13.8 Å². The van der Waals surface area contributed by atoms with Gasteiger partial charge in [0.2, 0.25) is 5.75 Å². The normalized spacial score (nSPS) is 19.5. The van der Waals surface area contributed by atoms with E-state index in [2.05, 4.69) is 15.6 Å². The second kappa shape index (κ2) is 7.20. The summed E-state index contributed by atoms with van der Waals surface area (Å²) in [5.74, 6) is -1.74. The topological polar surface area (TPSA) is 96.2 Å². The van der Waals surface area contributed by atoms with Crippen molar-refractivity contribution in [2.75, 3.05) is 6.54 Å². The number of halogens is 2. The van der Waals surface area contributed by atoms with Crippen molar-refractivity contribution in [3.63, 3.8) is 0 Å². The summed E-state index contributed by atoms with van der Waals surface area (Å²) in [6.07, 6.45) is -0.941. The second-order valence-corrected chi connectivity index (χ2v) is 6.13. The van der Waals surface area contributed by atoms with E-state index in [9.17, 15) is 23.5 Å². The molecule has 138 valence electrons. The minimum Gasteiger partial charge on any atom is -0.501 e. The van der Waals surface area contributed by atoms with Crippen LogP contribution in [0.25, 0.3) is 0 Å². The fraction of sp³-hybridized carbons (Fsp3) is 0.353. The highest BCUT2D eigenvalue weighted by Gasteiger charge is 2.30. The fourth-order valence-electron chi connectivity index (χ4n) is 2.83. The molecule has 1 aromatic carbocycles. The van der Waals surface area contributed by atoms with Gasteiger partial charge in [0.1, 0.15) is 17.8 Å². The Bertz CT molecular complexity index is 883. The van der Waals surface area contributed by atoms with Crippen LogP contribution in [0, 0.1) is 5.82 Å². The molecule has 1 fully saturated rings. The minimum absolute atomic E-state index is 0.0685. The first-order valence-electron chi connectivity index (χ1n) is 8.06. The van der Waals surface area contributed by atoms with Crippen molar-refractivity contribution >= 4 is 5.91 Å². The Labute approximate surface area is 147 Å². The highest BCUT2D eigenvalue weighted by molar-refractivity contribution is 5.94. The van der Waals surface area contributed by atoms with Crippen LogP contribution in [0.2, 0.25) is 0 Å². The number of hydrogen-bond donors (Lipinski definition) is 3. The zero-order chi connectivity index (χ0) is 18.8. The van der Waals surface area contributed by atoms with Gasteiger partial charge in [0, 0.05) is 26.6 Å². The Hall–Kier alpha value is -2.81. The third-order valence-corrected chi connectivity index (χ3v) is 4.27. The molecule has 0 spiro atoms. The number of amides is 1.